The SMILES string of the molecule is Cc1cc(C(=O)N=C2Cc3ccccc3N2CCCCCCO)cc(-c2c[nH]n(C)c2=O)n1. The smallest absolute Gasteiger partial charge is 0.278 e. The molecule has 0 saturated heterocycles. The molecule has 3 aromatic rings. The number of pyridine rings is 1. The molecule has 0 bridgehead atoms. The number of amides is 1. The number of aliphatic imine (C=N–C) groups is 1. The topological polar surface area (TPSA) is 104 Å². The van der Waals surface area contributed by atoms with Gasteiger partial charge < -0.3 is 15.1 Å². The monoisotopic (exact) mass is 447 g/mol. The van der Waals surface area contributed by atoms with Gasteiger partial charge in [-0.3, -0.25) is 19.3 Å². The van der Waals surface area contributed by atoms with Gasteiger partial charge >= 0.3 is 0 Å². The van der Waals surface area contributed by atoms with Crippen molar-refractivity contribution in [1.82, 2.24) is 14.8 Å². The Morgan fingerprint density at radius 2 is 1.97 bits per heavy atom. The summed E-state index contributed by atoms with van der Waals surface area (Å²) in [5.41, 5.74) is 3.98. The van der Waals surface area contributed by atoms with Crippen LogP contribution in [0.1, 0.15) is 47.3 Å². The van der Waals surface area contributed by atoms with E-state index < -0.39 is 0 Å². The van der Waals surface area contributed by atoms with E-state index in [-0.39, 0.29) is 18.1 Å². The summed E-state index contributed by atoms with van der Waals surface area (Å²) in [4.78, 5) is 36.6. The van der Waals surface area contributed by atoms with Gasteiger partial charge in [0.15, 0.2) is 0 Å². The number of hydrogen-bond donors (Lipinski definition) is 2. The number of aliphatic hydroxyl groups excluding tert-OH is 1. The van der Waals surface area contributed by atoms with E-state index in [1.165, 1.54) is 4.68 Å². The summed E-state index contributed by atoms with van der Waals surface area (Å²) in [6.45, 7) is 2.79. The molecule has 0 aliphatic carbocycles. The van der Waals surface area contributed by atoms with Crippen molar-refractivity contribution in [1.29, 1.82) is 0 Å². The van der Waals surface area contributed by atoms with Gasteiger partial charge in [-0.15, -0.1) is 0 Å². The van der Waals surface area contributed by atoms with Crippen LogP contribution in [-0.2, 0) is 13.5 Å². The third-order valence-corrected chi connectivity index (χ3v) is 5.88. The minimum absolute atomic E-state index is 0.198. The molecule has 0 radical (unpaired) electrons. The van der Waals surface area contributed by atoms with Crippen LogP contribution in [0.15, 0.2) is 52.4 Å². The first-order valence-corrected chi connectivity index (χ1v) is 11.3. The lowest BCUT2D eigenvalue weighted by molar-refractivity contribution is 0.100. The Bertz CT molecular complexity index is 1240. The molecule has 172 valence electrons. The van der Waals surface area contributed by atoms with Gasteiger partial charge in [0.2, 0.25) is 0 Å². The van der Waals surface area contributed by atoms with Crippen molar-refractivity contribution in [2.24, 2.45) is 12.0 Å². The van der Waals surface area contributed by atoms with Crippen molar-refractivity contribution in [2.75, 3.05) is 18.1 Å². The van der Waals surface area contributed by atoms with Crippen molar-refractivity contribution in [2.45, 2.75) is 39.0 Å². The Hall–Kier alpha value is -3.52. The Kier molecular flexibility index (Phi) is 6.84. The molecule has 0 unspecified atom stereocenters. The van der Waals surface area contributed by atoms with Crippen LogP contribution in [-0.4, -0.2) is 44.8 Å². The highest BCUT2D eigenvalue weighted by atomic mass is 16.3. The molecule has 2 N–H and O–H groups in total. The van der Waals surface area contributed by atoms with Gasteiger partial charge in [-0.05, 0) is 43.5 Å². The number of aryl methyl sites for hydroxylation is 2. The minimum Gasteiger partial charge on any atom is -0.396 e. The van der Waals surface area contributed by atoms with Gasteiger partial charge in [0.25, 0.3) is 11.5 Å². The van der Waals surface area contributed by atoms with Gasteiger partial charge in [0, 0.05) is 49.8 Å². The number of carbonyl (C=O) groups is 1. The maximum Gasteiger partial charge on any atom is 0.278 e. The largest absolute Gasteiger partial charge is 0.396 e. The molecule has 8 nitrogen and oxygen atoms in total. The average Bonchev–Trinajstić information content (AvgIpc) is 3.32. The number of amidine groups is 1. The second kappa shape index (κ2) is 9.95. The van der Waals surface area contributed by atoms with E-state index in [9.17, 15) is 9.59 Å². The van der Waals surface area contributed by atoms with E-state index in [0.717, 1.165) is 49.3 Å². The zero-order valence-corrected chi connectivity index (χ0v) is 19.0. The van der Waals surface area contributed by atoms with Crippen LogP contribution >= 0.6 is 0 Å². The third kappa shape index (κ3) is 4.96. The molecule has 3 heterocycles. The first-order valence-electron chi connectivity index (χ1n) is 11.3. The van der Waals surface area contributed by atoms with E-state index in [2.05, 4.69) is 32.1 Å². The molecule has 1 aliphatic rings. The molecular weight excluding hydrogens is 418 g/mol. The predicted octanol–water partition coefficient (Wildman–Crippen LogP) is 3.24. The first kappa shape index (κ1) is 22.7. The quantitative estimate of drug-likeness (QED) is 0.516. The number of nitrogens with zero attached hydrogens (tertiary/aromatic N) is 4. The lowest BCUT2D eigenvalue weighted by atomic mass is 10.1. The lowest BCUT2D eigenvalue weighted by Crippen LogP contribution is -2.29. The van der Waals surface area contributed by atoms with Crippen LogP contribution in [0.3, 0.4) is 0 Å². The summed E-state index contributed by atoms with van der Waals surface area (Å²) in [5, 5.41) is 11.8. The molecule has 0 saturated carbocycles. The minimum atomic E-state index is -0.345. The molecule has 0 fully saturated rings. The molecule has 2 aromatic heterocycles. The van der Waals surface area contributed by atoms with Gasteiger partial charge in [-0.2, -0.15) is 4.99 Å². The second-order valence-electron chi connectivity index (χ2n) is 8.36. The summed E-state index contributed by atoms with van der Waals surface area (Å²) in [5.74, 6) is 0.388. The number of H-pyrrole nitrogens is 1. The summed E-state index contributed by atoms with van der Waals surface area (Å²) in [7, 11) is 1.63. The molecule has 8 heteroatoms. The fraction of sp³-hybridized carbons (Fsp3) is 0.360. The van der Waals surface area contributed by atoms with Gasteiger partial charge in [0.1, 0.15) is 5.84 Å². The van der Waals surface area contributed by atoms with E-state index in [0.29, 0.717) is 28.9 Å². The first-order chi connectivity index (χ1) is 16.0. The number of nitrogens with one attached hydrogen (secondary N) is 1. The average molecular weight is 448 g/mol. The number of aliphatic hydroxyl groups is 1. The summed E-state index contributed by atoms with van der Waals surface area (Å²) in [6, 6.07) is 11.5. The van der Waals surface area contributed by atoms with Gasteiger partial charge in [0.05, 0.1) is 11.3 Å². The number of aromatic amines is 1. The zero-order chi connectivity index (χ0) is 23.4. The number of aromatic nitrogens is 3. The van der Waals surface area contributed by atoms with Crippen molar-refractivity contribution in [3.63, 3.8) is 0 Å². The number of para-hydroxylation sites is 1. The highest BCUT2D eigenvalue weighted by Gasteiger charge is 2.26. The van der Waals surface area contributed by atoms with Crippen LogP contribution in [0.4, 0.5) is 5.69 Å². The molecule has 0 spiro atoms. The number of unbranched alkanes of at least 4 members (excludes halogenated alkanes) is 3. The fourth-order valence-electron chi connectivity index (χ4n) is 4.17. The number of carbonyl (C=O) groups excluding carboxylic acids is 1. The molecule has 33 heavy (non-hydrogen) atoms. The summed E-state index contributed by atoms with van der Waals surface area (Å²) >= 11 is 0. The maximum absolute atomic E-state index is 13.2. The van der Waals surface area contributed by atoms with Crippen molar-refractivity contribution >= 4 is 17.4 Å². The molecule has 1 amide bonds. The number of benzene rings is 1. The number of fused-ring (bicyclic) bond motifs is 1. The normalized spacial score (nSPS) is 14.2. The molecule has 1 aliphatic heterocycles. The van der Waals surface area contributed by atoms with E-state index in [4.69, 9.17) is 5.11 Å². The summed E-state index contributed by atoms with van der Waals surface area (Å²) < 4.78 is 1.37. The van der Waals surface area contributed by atoms with Gasteiger partial charge in [-0.1, -0.05) is 31.0 Å². The highest BCUT2D eigenvalue weighted by Crippen LogP contribution is 2.30. The number of rotatable bonds is 8. The van der Waals surface area contributed by atoms with E-state index in [1.807, 2.05) is 12.1 Å². The van der Waals surface area contributed by atoms with Crippen molar-refractivity contribution in [3.05, 3.63) is 69.8 Å². The Morgan fingerprint density at radius 1 is 1.18 bits per heavy atom. The fourth-order valence-corrected chi connectivity index (χ4v) is 4.17. The van der Waals surface area contributed by atoms with Crippen molar-refractivity contribution in [3.8, 4) is 11.3 Å². The molecule has 0 atom stereocenters. The Balaban J connectivity index is 1.60. The summed E-state index contributed by atoms with van der Waals surface area (Å²) in [6.07, 6.45) is 5.96. The van der Waals surface area contributed by atoms with Crippen molar-refractivity contribution < 1.29 is 9.90 Å². The van der Waals surface area contributed by atoms with Gasteiger partial charge in [-0.25, -0.2) is 0 Å². The molecule has 1 aromatic carbocycles. The van der Waals surface area contributed by atoms with E-state index in [1.54, 1.807) is 32.3 Å². The number of anilines is 1. The van der Waals surface area contributed by atoms with Crippen LogP contribution in [0.25, 0.3) is 11.3 Å². The Morgan fingerprint density at radius 3 is 2.73 bits per heavy atom. The highest BCUT2D eigenvalue weighted by molar-refractivity contribution is 6.12. The van der Waals surface area contributed by atoms with Crippen LogP contribution < -0.4 is 10.5 Å². The molecule has 4 rings (SSSR count). The zero-order valence-electron chi connectivity index (χ0n) is 19.0. The standard InChI is InChI=1S/C25H29N5O3/c1-17-13-19(14-21(27-17)20-16-26-29(2)25(20)33)24(32)28-23-15-18-9-5-6-10-22(18)30(23)11-7-3-4-8-12-31/h5-6,9-10,13-14,16,26,31H,3-4,7-8,11-12,15H2,1-2H3. The van der Waals surface area contributed by atoms with Crippen LogP contribution in [0.2, 0.25) is 0 Å². The lowest BCUT2D eigenvalue weighted by Gasteiger charge is -2.20. The third-order valence-electron chi connectivity index (χ3n) is 5.88. The van der Waals surface area contributed by atoms with Crippen LogP contribution in [0, 0.1) is 6.92 Å². The molecular formula is C25H29N5O3. The van der Waals surface area contributed by atoms with E-state index >= 15 is 0 Å². The predicted molar refractivity (Wildman–Crippen MR) is 129 cm³/mol. The number of hydrogen-bond acceptors (Lipinski definition) is 4. The second-order valence-corrected chi connectivity index (χ2v) is 8.36. The maximum atomic E-state index is 13.2. The Labute approximate surface area is 192 Å². The van der Waals surface area contributed by atoms with Crippen LogP contribution in [0.5, 0.6) is 0 Å².